The Labute approximate surface area is 188 Å². The van der Waals surface area contributed by atoms with E-state index in [0.29, 0.717) is 38.1 Å². The number of morpholine rings is 1. The molecule has 0 aliphatic carbocycles. The van der Waals surface area contributed by atoms with Crippen LogP contribution in [0.15, 0.2) is 30.9 Å². The van der Waals surface area contributed by atoms with Gasteiger partial charge in [0.25, 0.3) is 0 Å². The lowest BCUT2D eigenvalue weighted by Gasteiger charge is -2.38. The summed E-state index contributed by atoms with van der Waals surface area (Å²) in [7, 11) is 2.02. The van der Waals surface area contributed by atoms with Gasteiger partial charge >= 0.3 is 6.18 Å². The molecular weight excluding hydrogens is 437 g/mol. The van der Waals surface area contributed by atoms with Crippen molar-refractivity contribution in [3.8, 4) is 0 Å². The molecule has 12 heteroatoms. The third-order valence-electron chi connectivity index (χ3n) is 6.24. The summed E-state index contributed by atoms with van der Waals surface area (Å²) in [6.07, 6.45) is 2.93. The van der Waals surface area contributed by atoms with Gasteiger partial charge in [-0.25, -0.2) is 15.0 Å². The van der Waals surface area contributed by atoms with Crippen LogP contribution >= 0.6 is 0 Å². The number of piperidine rings is 1. The smallest absolute Gasteiger partial charge is 0.378 e. The molecule has 5 rings (SSSR count). The number of ether oxygens (including phenoxy) is 1. The van der Waals surface area contributed by atoms with Gasteiger partial charge in [-0.05, 0) is 18.9 Å². The van der Waals surface area contributed by atoms with E-state index in [4.69, 9.17) is 9.72 Å². The molecule has 3 aromatic rings. The Bertz CT molecular complexity index is 1110. The van der Waals surface area contributed by atoms with Gasteiger partial charge in [-0.15, -0.1) is 0 Å². The van der Waals surface area contributed by atoms with Gasteiger partial charge in [0.1, 0.15) is 5.82 Å². The van der Waals surface area contributed by atoms with Crippen LogP contribution in [-0.4, -0.2) is 76.8 Å². The van der Waals surface area contributed by atoms with E-state index >= 15 is 0 Å². The van der Waals surface area contributed by atoms with E-state index in [1.54, 1.807) is 6.20 Å². The number of hydrogen-bond acceptors (Lipinski definition) is 8. The van der Waals surface area contributed by atoms with Crippen LogP contribution in [0.4, 0.5) is 30.8 Å². The Kier molecular flexibility index (Phi) is 5.69. The minimum atomic E-state index is -4.49. The highest BCUT2D eigenvalue weighted by Crippen LogP contribution is 2.31. The maximum absolute atomic E-state index is 13.1. The van der Waals surface area contributed by atoms with E-state index in [-0.39, 0.29) is 11.7 Å². The summed E-state index contributed by atoms with van der Waals surface area (Å²) in [5, 5.41) is 0. The molecule has 0 saturated carbocycles. The molecule has 2 aliphatic heterocycles. The Morgan fingerprint density at radius 1 is 1.00 bits per heavy atom. The second-order valence-electron chi connectivity index (χ2n) is 8.25. The molecule has 0 spiro atoms. The standard InChI is InChI=1S/C21H25F3N8O/c1-29(17-2-5-26-20(28-17)31-10-12-33-13-11-31)15-3-7-30(8-4-15)18-19-27-16(21(22,23)24)14-32(19)9-6-25-18/h2,5-6,9,14-15H,3-4,7-8,10-13H2,1H3. The fourth-order valence-electron chi connectivity index (χ4n) is 4.37. The zero-order valence-corrected chi connectivity index (χ0v) is 18.2. The average Bonchev–Trinajstić information content (AvgIpc) is 3.30. The molecule has 0 atom stereocenters. The molecule has 2 aliphatic rings. The fourth-order valence-corrected chi connectivity index (χ4v) is 4.37. The number of halogens is 3. The monoisotopic (exact) mass is 462 g/mol. The van der Waals surface area contributed by atoms with Crippen molar-refractivity contribution in [1.29, 1.82) is 0 Å². The summed E-state index contributed by atoms with van der Waals surface area (Å²) in [6.45, 7) is 4.21. The van der Waals surface area contributed by atoms with E-state index in [1.165, 1.54) is 16.8 Å². The number of imidazole rings is 1. The van der Waals surface area contributed by atoms with Crippen molar-refractivity contribution in [2.45, 2.75) is 25.1 Å². The van der Waals surface area contributed by atoms with Crippen molar-refractivity contribution < 1.29 is 17.9 Å². The summed E-state index contributed by atoms with van der Waals surface area (Å²) >= 11 is 0. The van der Waals surface area contributed by atoms with E-state index in [2.05, 4.69) is 24.8 Å². The van der Waals surface area contributed by atoms with Crippen LogP contribution in [0, 0.1) is 0 Å². The highest BCUT2D eigenvalue weighted by molar-refractivity contribution is 5.65. The first kappa shape index (κ1) is 21.7. The normalized spacial score (nSPS) is 18.2. The minimum absolute atomic E-state index is 0.225. The van der Waals surface area contributed by atoms with Gasteiger partial charge in [0.05, 0.1) is 13.2 Å². The lowest BCUT2D eigenvalue weighted by Crippen LogP contribution is -2.44. The van der Waals surface area contributed by atoms with Crippen LogP contribution < -0.4 is 14.7 Å². The highest BCUT2D eigenvalue weighted by Gasteiger charge is 2.35. The number of aromatic nitrogens is 5. The van der Waals surface area contributed by atoms with Crippen LogP contribution in [0.25, 0.3) is 5.65 Å². The Morgan fingerprint density at radius 2 is 1.76 bits per heavy atom. The molecule has 2 saturated heterocycles. The molecule has 0 N–H and O–H groups in total. The predicted octanol–water partition coefficient (Wildman–Crippen LogP) is 2.48. The Hall–Kier alpha value is -3.15. The van der Waals surface area contributed by atoms with Gasteiger partial charge in [0.2, 0.25) is 5.95 Å². The van der Waals surface area contributed by atoms with Crippen molar-refractivity contribution in [2.24, 2.45) is 0 Å². The summed E-state index contributed by atoms with van der Waals surface area (Å²) in [4.78, 5) is 23.6. The van der Waals surface area contributed by atoms with Crippen molar-refractivity contribution in [2.75, 3.05) is 61.1 Å². The van der Waals surface area contributed by atoms with E-state index in [9.17, 15) is 13.2 Å². The van der Waals surface area contributed by atoms with Crippen molar-refractivity contribution in [3.05, 3.63) is 36.5 Å². The maximum Gasteiger partial charge on any atom is 0.434 e. The van der Waals surface area contributed by atoms with Gasteiger partial charge in [-0.1, -0.05) is 0 Å². The van der Waals surface area contributed by atoms with Crippen molar-refractivity contribution >= 4 is 23.2 Å². The van der Waals surface area contributed by atoms with Crippen LogP contribution in [0.1, 0.15) is 18.5 Å². The topological polar surface area (TPSA) is 74.9 Å². The summed E-state index contributed by atoms with van der Waals surface area (Å²) in [5.41, 5.74) is -0.686. The third kappa shape index (κ3) is 4.39. The number of alkyl halides is 3. The molecule has 5 heterocycles. The predicted molar refractivity (Wildman–Crippen MR) is 117 cm³/mol. The van der Waals surface area contributed by atoms with Crippen LogP contribution in [-0.2, 0) is 10.9 Å². The number of hydrogen-bond donors (Lipinski definition) is 0. The summed E-state index contributed by atoms with van der Waals surface area (Å²) in [5.74, 6) is 2.04. The minimum Gasteiger partial charge on any atom is -0.378 e. The Balaban J connectivity index is 1.28. The summed E-state index contributed by atoms with van der Waals surface area (Å²) < 4.78 is 46.1. The first-order chi connectivity index (χ1) is 15.9. The van der Waals surface area contributed by atoms with Crippen LogP contribution in [0.2, 0.25) is 0 Å². The first-order valence-corrected chi connectivity index (χ1v) is 10.9. The van der Waals surface area contributed by atoms with Crippen LogP contribution in [0.5, 0.6) is 0 Å². The first-order valence-electron chi connectivity index (χ1n) is 10.9. The average molecular weight is 462 g/mol. The largest absolute Gasteiger partial charge is 0.434 e. The maximum atomic E-state index is 13.1. The van der Waals surface area contributed by atoms with Gasteiger partial charge in [-0.3, -0.25) is 0 Å². The lowest BCUT2D eigenvalue weighted by atomic mass is 10.0. The van der Waals surface area contributed by atoms with Gasteiger partial charge < -0.3 is 23.8 Å². The molecule has 0 bridgehead atoms. The summed E-state index contributed by atoms with van der Waals surface area (Å²) in [6, 6.07) is 2.15. The zero-order chi connectivity index (χ0) is 23.0. The Morgan fingerprint density at radius 3 is 2.48 bits per heavy atom. The van der Waals surface area contributed by atoms with E-state index < -0.39 is 11.9 Å². The molecule has 0 amide bonds. The molecule has 3 aromatic heterocycles. The second kappa shape index (κ2) is 8.65. The van der Waals surface area contributed by atoms with E-state index in [1.807, 2.05) is 18.0 Å². The quantitative estimate of drug-likeness (QED) is 0.586. The second-order valence-corrected chi connectivity index (χ2v) is 8.25. The number of nitrogens with zero attached hydrogens (tertiary/aromatic N) is 8. The zero-order valence-electron chi connectivity index (χ0n) is 18.2. The van der Waals surface area contributed by atoms with Gasteiger partial charge in [-0.2, -0.15) is 18.2 Å². The fraction of sp³-hybridized carbons (Fsp3) is 0.524. The number of fused-ring (bicyclic) bond motifs is 1. The van der Waals surface area contributed by atoms with E-state index in [0.717, 1.165) is 37.9 Å². The molecule has 9 nitrogen and oxygen atoms in total. The molecule has 176 valence electrons. The highest BCUT2D eigenvalue weighted by atomic mass is 19.4. The molecule has 0 radical (unpaired) electrons. The third-order valence-corrected chi connectivity index (χ3v) is 6.24. The SMILES string of the molecule is CN(c1ccnc(N2CCOCC2)n1)C1CCN(c2nccn3cc(C(F)(F)F)nc23)CC1. The molecule has 33 heavy (non-hydrogen) atoms. The lowest BCUT2D eigenvalue weighted by molar-refractivity contribution is -0.140. The molecule has 0 unspecified atom stereocenters. The van der Waals surface area contributed by atoms with Crippen molar-refractivity contribution in [3.63, 3.8) is 0 Å². The van der Waals surface area contributed by atoms with Crippen molar-refractivity contribution in [1.82, 2.24) is 24.3 Å². The number of rotatable bonds is 4. The van der Waals surface area contributed by atoms with Gasteiger partial charge in [0.15, 0.2) is 17.2 Å². The van der Waals surface area contributed by atoms with Gasteiger partial charge in [0, 0.05) is 64.1 Å². The molecule has 0 aromatic carbocycles. The van der Waals surface area contributed by atoms with Crippen LogP contribution in [0.3, 0.4) is 0 Å². The molecular formula is C21H25F3N8O. The number of anilines is 3. The molecule has 2 fully saturated rings.